The molecule has 0 amide bonds. The molecule has 0 saturated heterocycles. The summed E-state index contributed by atoms with van der Waals surface area (Å²) in [4.78, 5) is 23.3. The number of aromatic nitrogens is 3. The molecule has 2 aromatic heterocycles. The van der Waals surface area contributed by atoms with E-state index in [1.807, 2.05) is 19.1 Å². The Kier molecular flexibility index (Phi) is 4.22. The Bertz CT molecular complexity index is 573. The van der Waals surface area contributed by atoms with Crippen molar-refractivity contribution in [1.29, 1.82) is 0 Å². The molecule has 0 aliphatic rings. The van der Waals surface area contributed by atoms with Crippen LogP contribution in [-0.2, 0) is 4.79 Å². The molecule has 0 spiro atoms. The van der Waals surface area contributed by atoms with Crippen molar-refractivity contribution < 1.29 is 9.90 Å². The highest BCUT2D eigenvalue weighted by Gasteiger charge is 2.11. The molecule has 2 rings (SSSR count). The van der Waals surface area contributed by atoms with Crippen LogP contribution in [0, 0.1) is 5.92 Å². The molecule has 2 N–H and O–H groups in total. The number of nitrogens with one attached hydrogen (secondary N) is 1. The molecule has 2 heterocycles. The largest absolute Gasteiger partial charge is 0.481 e. The molecular weight excluding hydrogens is 244 g/mol. The fourth-order valence-electron chi connectivity index (χ4n) is 1.81. The summed E-state index contributed by atoms with van der Waals surface area (Å²) >= 11 is 0. The van der Waals surface area contributed by atoms with Crippen LogP contribution in [0.15, 0.2) is 24.5 Å². The van der Waals surface area contributed by atoms with E-state index < -0.39 is 5.97 Å². The minimum Gasteiger partial charge on any atom is -0.481 e. The summed E-state index contributed by atoms with van der Waals surface area (Å²) in [6, 6.07) is 3.67. The number of carboxylic acids is 1. The van der Waals surface area contributed by atoms with E-state index in [2.05, 4.69) is 20.3 Å². The van der Waals surface area contributed by atoms with Gasteiger partial charge >= 0.3 is 5.97 Å². The van der Waals surface area contributed by atoms with Gasteiger partial charge in [0.2, 0.25) is 0 Å². The highest BCUT2D eigenvalue weighted by Crippen LogP contribution is 2.13. The molecule has 6 heteroatoms. The predicted molar refractivity (Wildman–Crippen MR) is 71.9 cm³/mol. The zero-order chi connectivity index (χ0) is 13.7. The number of fused-ring (bicyclic) bond motifs is 1. The van der Waals surface area contributed by atoms with Crippen molar-refractivity contribution in [1.82, 2.24) is 15.0 Å². The molecular formula is C13H16N4O2. The molecule has 0 aromatic carbocycles. The summed E-state index contributed by atoms with van der Waals surface area (Å²) in [5, 5.41) is 11.9. The molecule has 0 aliphatic carbocycles. The van der Waals surface area contributed by atoms with Crippen LogP contribution >= 0.6 is 0 Å². The second-order valence-corrected chi connectivity index (χ2v) is 4.35. The van der Waals surface area contributed by atoms with Crippen molar-refractivity contribution >= 4 is 23.0 Å². The molecule has 19 heavy (non-hydrogen) atoms. The zero-order valence-corrected chi connectivity index (χ0v) is 10.7. The number of nitrogens with zero attached hydrogens (tertiary/aromatic N) is 3. The Balaban J connectivity index is 2.02. The Morgan fingerprint density at radius 1 is 1.37 bits per heavy atom. The second kappa shape index (κ2) is 6.08. The number of carbonyl (C=O) groups is 1. The van der Waals surface area contributed by atoms with Gasteiger partial charge < -0.3 is 10.4 Å². The fraction of sp³-hybridized carbons (Fsp3) is 0.385. The third-order valence-electron chi connectivity index (χ3n) is 2.94. The van der Waals surface area contributed by atoms with E-state index in [9.17, 15) is 4.79 Å². The molecule has 0 saturated carbocycles. The monoisotopic (exact) mass is 260 g/mol. The lowest BCUT2D eigenvalue weighted by molar-refractivity contribution is -0.138. The summed E-state index contributed by atoms with van der Waals surface area (Å²) in [5.74, 6) is 0.0136. The number of anilines is 1. The summed E-state index contributed by atoms with van der Waals surface area (Å²) < 4.78 is 0. The van der Waals surface area contributed by atoms with Gasteiger partial charge in [0.1, 0.15) is 11.3 Å². The lowest BCUT2D eigenvalue weighted by atomic mass is 10.0. The molecule has 0 aliphatic heterocycles. The zero-order valence-electron chi connectivity index (χ0n) is 10.7. The van der Waals surface area contributed by atoms with Gasteiger partial charge in [0.25, 0.3) is 0 Å². The van der Waals surface area contributed by atoms with E-state index >= 15 is 0 Å². The van der Waals surface area contributed by atoms with Gasteiger partial charge in [0.15, 0.2) is 5.65 Å². The number of aliphatic carboxylic acids is 1. The van der Waals surface area contributed by atoms with Gasteiger partial charge in [0.05, 0.1) is 0 Å². The third-order valence-corrected chi connectivity index (χ3v) is 2.94. The topological polar surface area (TPSA) is 88.0 Å². The van der Waals surface area contributed by atoms with Crippen LogP contribution in [0.1, 0.15) is 19.8 Å². The SMILES string of the molecule is CCC(CNc1ccc2nccnc2n1)CC(=O)O. The van der Waals surface area contributed by atoms with Gasteiger partial charge in [-0.05, 0) is 18.1 Å². The van der Waals surface area contributed by atoms with Crippen molar-refractivity contribution in [3.05, 3.63) is 24.5 Å². The molecule has 1 unspecified atom stereocenters. The molecule has 0 bridgehead atoms. The van der Waals surface area contributed by atoms with Crippen LogP contribution in [0.3, 0.4) is 0 Å². The first-order valence-corrected chi connectivity index (χ1v) is 6.22. The number of pyridine rings is 1. The van der Waals surface area contributed by atoms with Crippen LogP contribution in [0.5, 0.6) is 0 Å². The molecule has 0 fully saturated rings. The maximum atomic E-state index is 10.7. The molecule has 0 radical (unpaired) electrons. The van der Waals surface area contributed by atoms with Crippen molar-refractivity contribution in [2.75, 3.05) is 11.9 Å². The quantitative estimate of drug-likeness (QED) is 0.825. The summed E-state index contributed by atoms with van der Waals surface area (Å²) in [6.45, 7) is 2.57. The average Bonchev–Trinajstić information content (AvgIpc) is 2.42. The van der Waals surface area contributed by atoms with E-state index in [1.54, 1.807) is 12.4 Å². The van der Waals surface area contributed by atoms with Gasteiger partial charge in [-0.3, -0.25) is 9.78 Å². The first-order valence-electron chi connectivity index (χ1n) is 6.22. The van der Waals surface area contributed by atoms with E-state index in [1.165, 1.54) is 0 Å². The maximum Gasteiger partial charge on any atom is 0.303 e. The second-order valence-electron chi connectivity index (χ2n) is 4.35. The molecule has 1 atom stereocenters. The summed E-state index contributed by atoms with van der Waals surface area (Å²) in [6.07, 6.45) is 4.19. The van der Waals surface area contributed by atoms with Crippen LogP contribution in [0.25, 0.3) is 11.2 Å². The normalized spacial score (nSPS) is 12.3. The fourth-order valence-corrected chi connectivity index (χ4v) is 1.81. The predicted octanol–water partition coefficient (Wildman–Crippen LogP) is 1.94. The van der Waals surface area contributed by atoms with Crippen molar-refractivity contribution in [2.24, 2.45) is 5.92 Å². The summed E-state index contributed by atoms with van der Waals surface area (Å²) in [7, 11) is 0. The standard InChI is InChI=1S/C13H16N4O2/c1-2-9(7-12(18)19)8-16-11-4-3-10-13(17-11)15-6-5-14-10/h3-6,9H,2,7-8H2,1H3,(H,18,19)(H,15,16,17). The van der Waals surface area contributed by atoms with Crippen LogP contribution in [-0.4, -0.2) is 32.6 Å². The minimum atomic E-state index is -0.772. The first kappa shape index (κ1) is 13.2. The van der Waals surface area contributed by atoms with Gasteiger partial charge in [0, 0.05) is 25.4 Å². The van der Waals surface area contributed by atoms with Gasteiger partial charge in [-0.1, -0.05) is 13.3 Å². The number of rotatable bonds is 6. The van der Waals surface area contributed by atoms with Crippen LogP contribution < -0.4 is 5.32 Å². The number of hydrogen-bond donors (Lipinski definition) is 2. The molecule has 100 valence electrons. The number of carboxylic acid groups (broad SMARTS) is 1. The van der Waals surface area contributed by atoms with Crippen LogP contribution in [0.4, 0.5) is 5.82 Å². The molecule has 2 aromatic rings. The first-order chi connectivity index (χ1) is 9.19. The Hall–Kier alpha value is -2.24. The Morgan fingerprint density at radius 2 is 2.16 bits per heavy atom. The number of hydrogen-bond acceptors (Lipinski definition) is 5. The highest BCUT2D eigenvalue weighted by atomic mass is 16.4. The van der Waals surface area contributed by atoms with Crippen LogP contribution in [0.2, 0.25) is 0 Å². The van der Waals surface area contributed by atoms with Gasteiger partial charge in [-0.25, -0.2) is 9.97 Å². The van der Waals surface area contributed by atoms with Crippen molar-refractivity contribution in [3.63, 3.8) is 0 Å². The van der Waals surface area contributed by atoms with Gasteiger partial charge in [-0.2, -0.15) is 0 Å². The van der Waals surface area contributed by atoms with E-state index in [4.69, 9.17) is 5.11 Å². The highest BCUT2D eigenvalue weighted by molar-refractivity contribution is 5.71. The average molecular weight is 260 g/mol. The van der Waals surface area contributed by atoms with E-state index in [0.29, 0.717) is 18.0 Å². The van der Waals surface area contributed by atoms with Gasteiger partial charge in [-0.15, -0.1) is 0 Å². The Labute approximate surface area is 110 Å². The smallest absolute Gasteiger partial charge is 0.303 e. The van der Waals surface area contributed by atoms with E-state index in [-0.39, 0.29) is 12.3 Å². The Morgan fingerprint density at radius 3 is 2.89 bits per heavy atom. The summed E-state index contributed by atoms with van der Waals surface area (Å²) in [5.41, 5.74) is 1.32. The maximum absolute atomic E-state index is 10.7. The minimum absolute atomic E-state index is 0.0943. The lowest BCUT2D eigenvalue weighted by Gasteiger charge is -2.13. The molecule has 6 nitrogen and oxygen atoms in total. The van der Waals surface area contributed by atoms with E-state index in [0.717, 1.165) is 11.9 Å². The lowest BCUT2D eigenvalue weighted by Crippen LogP contribution is -2.17. The van der Waals surface area contributed by atoms with Crippen molar-refractivity contribution in [3.8, 4) is 0 Å². The van der Waals surface area contributed by atoms with Crippen molar-refractivity contribution in [2.45, 2.75) is 19.8 Å². The third kappa shape index (κ3) is 3.61.